The molecule has 1 aliphatic rings. The minimum Gasteiger partial charge on any atom is -0.493 e. The van der Waals surface area contributed by atoms with Gasteiger partial charge < -0.3 is 9.47 Å². The van der Waals surface area contributed by atoms with Gasteiger partial charge in [-0.1, -0.05) is 32.9 Å². The summed E-state index contributed by atoms with van der Waals surface area (Å²) in [4.78, 5) is 2.54. The molecule has 27 heavy (non-hydrogen) atoms. The van der Waals surface area contributed by atoms with E-state index >= 15 is 0 Å². The molecular weight excluding hydrogens is 334 g/mol. The summed E-state index contributed by atoms with van der Waals surface area (Å²) in [6.45, 7) is 14.4. The van der Waals surface area contributed by atoms with Crippen molar-refractivity contribution in [3.05, 3.63) is 57.6 Å². The van der Waals surface area contributed by atoms with Gasteiger partial charge in [0.2, 0.25) is 0 Å². The second-order valence-corrected chi connectivity index (χ2v) is 8.78. The summed E-state index contributed by atoms with van der Waals surface area (Å²) in [6.07, 6.45) is 1.05. The van der Waals surface area contributed by atoms with Gasteiger partial charge in [0.05, 0.1) is 14.2 Å². The molecule has 3 heteroatoms. The van der Waals surface area contributed by atoms with Gasteiger partial charge in [-0.3, -0.25) is 4.90 Å². The lowest BCUT2D eigenvalue weighted by Crippen LogP contribution is -2.30. The summed E-state index contributed by atoms with van der Waals surface area (Å²) in [6, 6.07) is 9.02. The lowest BCUT2D eigenvalue weighted by molar-refractivity contribution is 0.243. The molecule has 146 valence electrons. The Bertz CT molecular complexity index is 810. The molecule has 0 spiro atoms. The number of hydrogen-bond acceptors (Lipinski definition) is 3. The average molecular weight is 368 g/mol. The molecule has 2 aromatic carbocycles. The van der Waals surface area contributed by atoms with E-state index in [0.29, 0.717) is 0 Å². The number of fused-ring (bicyclic) bond motifs is 1. The molecule has 3 rings (SSSR count). The molecule has 0 N–H and O–H groups in total. The quantitative estimate of drug-likeness (QED) is 0.743. The highest BCUT2D eigenvalue weighted by atomic mass is 16.5. The van der Waals surface area contributed by atoms with Crippen LogP contribution in [-0.2, 0) is 24.9 Å². The number of rotatable bonds is 4. The smallest absolute Gasteiger partial charge is 0.161 e. The summed E-state index contributed by atoms with van der Waals surface area (Å²) in [5.41, 5.74) is 8.60. The molecule has 0 bridgehead atoms. The Morgan fingerprint density at radius 1 is 0.889 bits per heavy atom. The molecule has 0 aliphatic carbocycles. The van der Waals surface area contributed by atoms with E-state index in [0.717, 1.165) is 37.6 Å². The molecule has 3 nitrogen and oxygen atoms in total. The second kappa shape index (κ2) is 7.55. The molecule has 0 aromatic heterocycles. The van der Waals surface area contributed by atoms with Crippen molar-refractivity contribution in [2.24, 2.45) is 0 Å². The van der Waals surface area contributed by atoms with Crippen molar-refractivity contribution in [3.8, 4) is 11.5 Å². The molecule has 0 saturated carbocycles. The lowest BCUT2D eigenvalue weighted by atomic mass is 9.83. The van der Waals surface area contributed by atoms with Gasteiger partial charge in [-0.15, -0.1) is 0 Å². The van der Waals surface area contributed by atoms with Crippen molar-refractivity contribution in [2.45, 2.75) is 59.5 Å². The van der Waals surface area contributed by atoms with Gasteiger partial charge in [0.25, 0.3) is 0 Å². The van der Waals surface area contributed by atoms with Crippen molar-refractivity contribution >= 4 is 0 Å². The Hall–Kier alpha value is -2.00. The van der Waals surface area contributed by atoms with Gasteiger partial charge in [0.15, 0.2) is 11.5 Å². The molecular formula is C24H33NO2. The first-order valence-electron chi connectivity index (χ1n) is 9.79. The largest absolute Gasteiger partial charge is 0.493 e. The van der Waals surface area contributed by atoms with Crippen LogP contribution in [0.3, 0.4) is 0 Å². The van der Waals surface area contributed by atoms with Crippen LogP contribution in [0.2, 0.25) is 0 Å². The fourth-order valence-corrected chi connectivity index (χ4v) is 3.98. The topological polar surface area (TPSA) is 21.7 Å². The standard InChI is InChI=1S/C24H33NO2/c1-16-10-20(24(3,4)5)11-17(2)21(16)15-25-9-8-18-12-22(26-6)23(27-7)13-19(18)14-25/h10-13H,8-9,14-15H2,1-7H3. The Kier molecular flexibility index (Phi) is 5.53. The number of aryl methyl sites for hydroxylation is 2. The highest BCUT2D eigenvalue weighted by Gasteiger charge is 2.22. The van der Waals surface area contributed by atoms with Crippen LogP contribution in [0, 0.1) is 13.8 Å². The van der Waals surface area contributed by atoms with Crippen LogP contribution >= 0.6 is 0 Å². The van der Waals surface area contributed by atoms with E-state index < -0.39 is 0 Å². The first-order valence-corrected chi connectivity index (χ1v) is 9.79. The fraction of sp³-hybridized carbons (Fsp3) is 0.500. The van der Waals surface area contributed by atoms with E-state index in [1.54, 1.807) is 14.2 Å². The van der Waals surface area contributed by atoms with Crippen LogP contribution in [0.5, 0.6) is 11.5 Å². The van der Waals surface area contributed by atoms with Crippen molar-refractivity contribution in [3.63, 3.8) is 0 Å². The zero-order chi connectivity index (χ0) is 19.8. The summed E-state index contributed by atoms with van der Waals surface area (Å²) >= 11 is 0. The fourth-order valence-electron chi connectivity index (χ4n) is 3.98. The Morgan fingerprint density at radius 2 is 1.44 bits per heavy atom. The lowest BCUT2D eigenvalue weighted by Gasteiger charge is -2.31. The van der Waals surface area contributed by atoms with Crippen LogP contribution < -0.4 is 9.47 Å². The first-order chi connectivity index (χ1) is 12.7. The van der Waals surface area contributed by atoms with Crippen LogP contribution in [-0.4, -0.2) is 25.7 Å². The second-order valence-electron chi connectivity index (χ2n) is 8.78. The van der Waals surface area contributed by atoms with Gasteiger partial charge in [0, 0.05) is 19.6 Å². The number of benzene rings is 2. The van der Waals surface area contributed by atoms with Gasteiger partial charge in [-0.05, 0) is 71.2 Å². The van der Waals surface area contributed by atoms with Gasteiger partial charge in [-0.25, -0.2) is 0 Å². The zero-order valence-electron chi connectivity index (χ0n) is 17.9. The van der Waals surface area contributed by atoms with E-state index in [2.05, 4.69) is 63.8 Å². The van der Waals surface area contributed by atoms with Crippen molar-refractivity contribution in [1.29, 1.82) is 0 Å². The number of nitrogens with zero attached hydrogens (tertiary/aromatic N) is 1. The third kappa shape index (κ3) is 4.14. The predicted molar refractivity (Wildman–Crippen MR) is 112 cm³/mol. The molecule has 0 radical (unpaired) electrons. The highest BCUT2D eigenvalue weighted by molar-refractivity contribution is 5.48. The van der Waals surface area contributed by atoms with Gasteiger partial charge in [0.1, 0.15) is 0 Å². The van der Waals surface area contributed by atoms with E-state index in [4.69, 9.17) is 9.47 Å². The van der Waals surface area contributed by atoms with Crippen molar-refractivity contribution < 1.29 is 9.47 Å². The van der Waals surface area contributed by atoms with Crippen molar-refractivity contribution in [2.75, 3.05) is 20.8 Å². The maximum atomic E-state index is 5.50. The highest BCUT2D eigenvalue weighted by Crippen LogP contribution is 2.34. The molecule has 0 fully saturated rings. The van der Waals surface area contributed by atoms with Crippen LogP contribution in [0.4, 0.5) is 0 Å². The van der Waals surface area contributed by atoms with E-state index in [1.807, 2.05) is 0 Å². The average Bonchev–Trinajstić information content (AvgIpc) is 2.62. The maximum Gasteiger partial charge on any atom is 0.161 e. The first kappa shape index (κ1) is 19.8. The molecule has 0 atom stereocenters. The number of hydrogen-bond donors (Lipinski definition) is 0. The number of ether oxygens (including phenoxy) is 2. The maximum absolute atomic E-state index is 5.50. The predicted octanol–water partition coefficient (Wildman–Crippen LogP) is 5.18. The Balaban J connectivity index is 1.83. The third-order valence-corrected chi connectivity index (χ3v) is 5.74. The summed E-state index contributed by atoms with van der Waals surface area (Å²) in [5.74, 6) is 1.65. The van der Waals surface area contributed by atoms with Gasteiger partial charge >= 0.3 is 0 Å². The third-order valence-electron chi connectivity index (χ3n) is 5.74. The normalized spacial score (nSPS) is 14.8. The zero-order valence-corrected chi connectivity index (χ0v) is 17.9. The van der Waals surface area contributed by atoms with Crippen LogP contribution in [0.25, 0.3) is 0 Å². The molecule has 0 saturated heterocycles. The SMILES string of the molecule is COc1cc2c(cc1OC)CN(Cc1c(C)cc(C(C)(C)C)cc1C)CC2. The molecule has 2 aromatic rings. The van der Waals surface area contributed by atoms with E-state index in [9.17, 15) is 0 Å². The summed E-state index contributed by atoms with van der Waals surface area (Å²) in [7, 11) is 3.40. The molecule has 0 unspecified atom stereocenters. The van der Waals surface area contributed by atoms with Crippen molar-refractivity contribution in [1.82, 2.24) is 4.90 Å². The summed E-state index contributed by atoms with van der Waals surface area (Å²) < 4.78 is 11.0. The minimum absolute atomic E-state index is 0.188. The molecule has 1 heterocycles. The summed E-state index contributed by atoms with van der Waals surface area (Å²) in [5, 5.41) is 0. The van der Waals surface area contributed by atoms with E-state index in [-0.39, 0.29) is 5.41 Å². The molecule has 1 aliphatic heterocycles. The Labute approximate surface area is 164 Å². The van der Waals surface area contributed by atoms with Crippen LogP contribution in [0.1, 0.15) is 54.2 Å². The van der Waals surface area contributed by atoms with E-state index in [1.165, 1.54) is 33.4 Å². The molecule has 0 amide bonds. The minimum atomic E-state index is 0.188. The monoisotopic (exact) mass is 367 g/mol. The number of methoxy groups -OCH3 is 2. The van der Waals surface area contributed by atoms with Crippen LogP contribution in [0.15, 0.2) is 24.3 Å². The Morgan fingerprint density at radius 3 is 1.96 bits per heavy atom. The van der Waals surface area contributed by atoms with Gasteiger partial charge in [-0.2, -0.15) is 0 Å².